The summed E-state index contributed by atoms with van der Waals surface area (Å²) in [6.07, 6.45) is 0.737. The monoisotopic (exact) mass is 432 g/mol. The fourth-order valence-electron chi connectivity index (χ4n) is 3.27. The minimum absolute atomic E-state index is 0.388. The Hall–Kier alpha value is -3.22. The van der Waals surface area contributed by atoms with Crippen molar-refractivity contribution in [2.45, 2.75) is 6.42 Å². The number of carbonyl (C=O) groups is 1. The van der Waals surface area contributed by atoms with Crippen LogP contribution in [0, 0.1) is 0 Å². The Kier molecular flexibility index (Phi) is 6.07. The highest BCUT2D eigenvalue weighted by Gasteiger charge is 2.18. The number of benzene rings is 3. The second kappa shape index (κ2) is 9.07. The maximum Gasteiger partial charge on any atom is 0.340 e. The Bertz CT molecular complexity index is 1200. The molecule has 0 spiro atoms. The fraction of sp³-hybridized carbons (Fsp3) is 0.0833. The molecular formula is C24H20N2O2S2. The summed E-state index contributed by atoms with van der Waals surface area (Å²) in [5, 5.41) is 9.73. The van der Waals surface area contributed by atoms with Gasteiger partial charge in [0.05, 0.1) is 12.7 Å². The molecule has 1 heterocycles. The summed E-state index contributed by atoms with van der Waals surface area (Å²) in [4.78, 5) is 13.3. The number of esters is 1. The smallest absolute Gasteiger partial charge is 0.340 e. The first-order chi connectivity index (χ1) is 14.6. The van der Waals surface area contributed by atoms with Crippen LogP contribution >= 0.6 is 23.6 Å². The van der Waals surface area contributed by atoms with Gasteiger partial charge >= 0.3 is 5.97 Å². The van der Waals surface area contributed by atoms with Gasteiger partial charge in [0, 0.05) is 22.4 Å². The first-order valence-corrected chi connectivity index (χ1v) is 10.7. The molecule has 30 heavy (non-hydrogen) atoms. The molecule has 4 nitrogen and oxygen atoms in total. The lowest BCUT2D eigenvalue weighted by molar-refractivity contribution is 0.0602. The van der Waals surface area contributed by atoms with E-state index in [-0.39, 0.29) is 5.97 Å². The van der Waals surface area contributed by atoms with Gasteiger partial charge in [0.15, 0.2) is 5.11 Å². The molecule has 3 aromatic carbocycles. The SMILES string of the molecule is COC(=O)c1cc(Cc2ccccc2)sc1NC(=S)Nc1cccc2ccccc12. The van der Waals surface area contributed by atoms with Crippen LogP contribution in [0.2, 0.25) is 0 Å². The van der Waals surface area contributed by atoms with Crippen LogP contribution < -0.4 is 10.6 Å². The molecule has 0 amide bonds. The van der Waals surface area contributed by atoms with Gasteiger partial charge in [0.1, 0.15) is 5.00 Å². The number of rotatable bonds is 5. The number of nitrogens with one attached hydrogen (secondary N) is 2. The van der Waals surface area contributed by atoms with Crippen molar-refractivity contribution < 1.29 is 9.53 Å². The maximum absolute atomic E-state index is 12.3. The van der Waals surface area contributed by atoms with Crippen LogP contribution in [0.1, 0.15) is 20.8 Å². The number of hydrogen-bond donors (Lipinski definition) is 2. The topological polar surface area (TPSA) is 50.4 Å². The normalized spacial score (nSPS) is 10.6. The summed E-state index contributed by atoms with van der Waals surface area (Å²) in [7, 11) is 1.38. The van der Waals surface area contributed by atoms with Crippen molar-refractivity contribution in [3.05, 3.63) is 94.9 Å². The number of fused-ring (bicyclic) bond motifs is 1. The minimum Gasteiger partial charge on any atom is -0.465 e. The van der Waals surface area contributed by atoms with Gasteiger partial charge in [-0.1, -0.05) is 66.7 Å². The molecule has 0 aliphatic carbocycles. The molecule has 4 rings (SSSR count). The molecule has 0 fully saturated rings. The van der Waals surface area contributed by atoms with E-state index in [1.807, 2.05) is 54.6 Å². The van der Waals surface area contributed by atoms with Gasteiger partial charge in [-0.2, -0.15) is 0 Å². The molecular weight excluding hydrogens is 412 g/mol. The summed E-state index contributed by atoms with van der Waals surface area (Å²) < 4.78 is 4.96. The van der Waals surface area contributed by atoms with Gasteiger partial charge in [0.2, 0.25) is 0 Å². The first kappa shape index (κ1) is 20.1. The van der Waals surface area contributed by atoms with Crippen molar-refractivity contribution in [3.8, 4) is 0 Å². The quantitative estimate of drug-likeness (QED) is 0.295. The second-order valence-electron chi connectivity index (χ2n) is 6.72. The zero-order valence-electron chi connectivity index (χ0n) is 16.3. The van der Waals surface area contributed by atoms with E-state index in [4.69, 9.17) is 17.0 Å². The molecule has 0 atom stereocenters. The van der Waals surface area contributed by atoms with Gasteiger partial charge in [0.25, 0.3) is 0 Å². The third kappa shape index (κ3) is 4.50. The van der Waals surface area contributed by atoms with E-state index in [2.05, 4.69) is 34.9 Å². The number of carbonyl (C=O) groups excluding carboxylic acids is 1. The Morgan fingerprint density at radius 3 is 2.50 bits per heavy atom. The van der Waals surface area contributed by atoms with Crippen molar-refractivity contribution in [1.82, 2.24) is 0 Å². The van der Waals surface area contributed by atoms with Gasteiger partial charge in [-0.15, -0.1) is 11.3 Å². The Morgan fingerprint density at radius 1 is 0.967 bits per heavy atom. The number of thiocarbonyl (C=S) groups is 1. The lowest BCUT2D eigenvalue weighted by Gasteiger charge is -2.12. The zero-order valence-corrected chi connectivity index (χ0v) is 18.0. The molecule has 1 aromatic heterocycles. The van der Waals surface area contributed by atoms with Gasteiger partial charge < -0.3 is 15.4 Å². The average molecular weight is 433 g/mol. The average Bonchev–Trinajstić information content (AvgIpc) is 3.16. The predicted molar refractivity (Wildman–Crippen MR) is 129 cm³/mol. The van der Waals surface area contributed by atoms with Crippen LogP contribution in [0.15, 0.2) is 78.9 Å². The standard InChI is InChI=1S/C24H20N2O2S2/c1-28-23(27)20-15-18(14-16-8-3-2-4-9-16)30-22(20)26-24(29)25-21-13-7-11-17-10-5-6-12-19(17)21/h2-13,15H,14H2,1H3,(H2,25,26,29). The van der Waals surface area contributed by atoms with Crippen molar-refractivity contribution in [3.63, 3.8) is 0 Å². The molecule has 0 bridgehead atoms. The van der Waals surface area contributed by atoms with E-state index in [1.54, 1.807) is 0 Å². The number of thiophene rings is 1. The summed E-state index contributed by atoms with van der Waals surface area (Å²) in [6, 6.07) is 26.1. The molecule has 0 saturated heterocycles. The highest BCUT2D eigenvalue weighted by atomic mass is 32.1. The number of hydrogen-bond acceptors (Lipinski definition) is 4. The summed E-state index contributed by atoms with van der Waals surface area (Å²) >= 11 is 7.04. The van der Waals surface area contributed by atoms with Crippen molar-refractivity contribution in [2.75, 3.05) is 17.7 Å². The van der Waals surface area contributed by atoms with Gasteiger partial charge in [-0.05, 0) is 35.3 Å². The Labute approximate surface area is 184 Å². The molecule has 0 aliphatic rings. The largest absolute Gasteiger partial charge is 0.465 e. The minimum atomic E-state index is -0.388. The van der Waals surface area contributed by atoms with E-state index in [1.165, 1.54) is 24.0 Å². The van der Waals surface area contributed by atoms with Crippen LogP contribution in [-0.2, 0) is 11.2 Å². The van der Waals surface area contributed by atoms with E-state index in [0.717, 1.165) is 27.8 Å². The predicted octanol–water partition coefficient (Wildman–Crippen LogP) is 6.09. The second-order valence-corrected chi connectivity index (χ2v) is 8.26. The van der Waals surface area contributed by atoms with E-state index in [9.17, 15) is 4.79 Å². The summed E-state index contributed by atoms with van der Waals surface area (Å²) in [6.45, 7) is 0. The van der Waals surface area contributed by atoms with Crippen LogP contribution in [0.25, 0.3) is 10.8 Å². The molecule has 0 saturated carbocycles. The fourth-order valence-corrected chi connectivity index (χ4v) is 4.63. The van der Waals surface area contributed by atoms with Gasteiger partial charge in [-0.3, -0.25) is 0 Å². The number of anilines is 2. The molecule has 4 aromatic rings. The third-order valence-electron chi connectivity index (χ3n) is 4.67. The molecule has 0 unspecified atom stereocenters. The van der Waals surface area contributed by atoms with Crippen LogP contribution in [0.5, 0.6) is 0 Å². The number of ether oxygens (including phenoxy) is 1. The molecule has 6 heteroatoms. The Morgan fingerprint density at radius 2 is 1.70 bits per heavy atom. The third-order valence-corrected chi connectivity index (χ3v) is 5.93. The summed E-state index contributed by atoms with van der Waals surface area (Å²) in [5.41, 5.74) is 2.57. The molecule has 150 valence electrons. The van der Waals surface area contributed by atoms with Crippen molar-refractivity contribution >= 4 is 56.1 Å². The lowest BCUT2D eigenvalue weighted by Crippen LogP contribution is -2.20. The summed E-state index contributed by atoms with van der Waals surface area (Å²) in [5.74, 6) is -0.388. The van der Waals surface area contributed by atoms with Crippen LogP contribution in [0.4, 0.5) is 10.7 Å². The Balaban J connectivity index is 1.56. The highest BCUT2D eigenvalue weighted by molar-refractivity contribution is 7.80. The first-order valence-electron chi connectivity index (χ1n) is 9.45. The van der Waals surface area contributed by atoms with E-state index in [0.29, 0.717) is 15.7 Å². The van der Waals surface area contributed by atoms with E-state index < -0.39 is 0 Å². The molecule has 2 N–H and O–H groups in total. The van der Waals surface area contributed by atoms with Gasteiger partial charge in [-0.25, -0.2) is 4.79 Å². The van der Waals surface area contributed by atoms with Crippen LogP contribution in [-0.4, -0.2) is 18.2 Å². The lowest BCUT2D eigenvalue weighted by atomic mass is 10.1. The van der Waals surface area contributed by atoms with Crippen LogP contribution in [0.3, 0.4) is 0 Å². The maximum atomic E-state index is 12.3. The van der Waals surface area contributed by atoms with Crippen molar-refractivity contribution in [1.29, 1.82) is 0 Å². The zero-order chi connectivity index (χ0) is 20.9. The number of methoxy groups -OCH3 is 1. The molecule has 0 aliphatic heterocycles. The molecule has 0 radical (unpaired) electrons. The van der Waals surface area contributed by atoms with Crippen molar-refractivity contribution in [2.24, 2.45) is 0 Å². The highest BCUT2D eigenvalue weighted by Crippen LogP contribution is 2.31. The van der Waals surface area contributed by atoms with E-state index >= 15 is 0 Å².